The standard InChI is InChI=1S/C26H19NO2S2/c28-26(20-13-5-2-6-14-20)22-16-8-10-18-24(22)31-30-23-17-9-7-15-21(23)25(27-29)19-11-3-1-4-12-19/h1-18,29H. The minimum atomic E-state index is -0.000481. The Morgan fingerprint density at radius 2 is 1.03 bits per heavy atom. The molecule has 4 aromatic rings. The van der Waals surface area contributed by atoms with Crippen molar-refractivity contribution in [1.29, 1.82) is 0 Å². The zero-order valence-corrected chi connectivity index (χ0v) is 18.1. The summed E-state index contributed by atoms with van der Waals surface area (Å²) >= 11 is 0. The molecular formula is C26H19NO2S2. The molecule has 5 heteroatoms. The number of rotatable bonds is 7. The molecule has 152 valence electrons. The van der Waals surface area contributed by atoms with Crippen molar-refractivity contribution in [2.75, 3.05) is 0 Å². The first kappa shape index (κ1) is 21.0. The molecule has 4 aromatic carbocycles. The molecule has 1 N–H and O–H groups in total. The lowest BCUT2D eigenvalue weighted by molar-refractivity contribution is 0.103. The summed E-state index contributed by atoms with van der Waals surface area (Å²) in [6, 6.07) is 34.3. The van der Waals surface area contributed by atoms with Crippen LogP contribution in [-0.2, 0) is 0 Å². The molecule has 0 heterocycles. The van der Waals surface area contributed by atoms with Gasteiger partial charge < -0.3 is 5.21 Å². The quantitative estimate of drug-likeness (QED) is 0.111. The summed E-state index contributed by atoms with van der Waals surface area (Å²) in [5.74, 6) is -0.000481. The summed E-state index contributed by atoms with van der Waals surface area (Å²) in [4.78, 5) is 14.8. The summed E-state index contributed by atoms with van der Waals surface area (Å²) in [7, 11) is 3.06. The summed E-state index contributed by atoms with van der Waals surface area (Å²) in [5, 5.41) is 13.3. The molecule has 0 aliphatic heterocycles. The Bertz CT molecular complexity index is 1210. The second-order valence-electron chi connectivity index (χ2n) is 6.67. The second kappa shape index (κ2) is 10.2. The molecule has 31 heavy (non-hydrogen) atoms. The average Bonchev–Trinajstić information content (AvgIpc) is 2.85. The SMILES string of the molecule is O=C(c1ccccc1)c1ccccc1SSc1ccccc1C(=NO)c1ccccc1. The second-order valence-corrected chi connectivity index (χ2v) is 8.88. The highest BCUT2D eigenvalue weighted by Gasteiger charge is 2.16. The molecular weight excluding hydrogens is 422 g/mol. The van der Waals surface area contributed by atoms with E-state index in [1.165, 1.54) is 21.6 Å². The molecule has 0 saturated carbocycles. The van der Waals surface area contributed by atoms with Gasteiger partial charge in [-0.25, -0.2) is 0 Å². The number of nitrogens with zero attached hydrogens (tertiary/aromatic N) is 1. The van der Waals surface area contributed by atoms with Crippen molar-refractivity contribution in [3.05, 3.63) is 131 Å². The maximum absolute atomic E-state index is 13.0. The van der Waals surface area contributed by atoms with E-state index in [0.29, 0.717) is 16.8 Å². The third kappa shape index (κ3) is 4.90. The smallest absolute Gasteiger partial charge is 0.194 e. The highest BCUT2D eigenvalue weighted by Crippen LogP contribution is 2.41. The molecule has 0 spiro atoms. The normalized spacial score (nSPS) is 11.3. The van der Waals surface area contributed by atoms with E-state index in [2.05, 4.69) is 5.16 Å². The number of carbonyl (C=O) groups excluding carboxylic acids is 1. The van der Waals surface area contributed by atoms with Gasteiger partial charge in [0.1, 0.15) is 5.71 Å². The molecule has 0 saturated heterocycles. The van der Waals surface area contributed by atoms with Gasteiger partial charge in [0.05, 0.1) is 0 Å². The van der Waals surface area contributed by atoms with Gasteiger partial charge in [-0.05, 0) is 18.2 Å². The van der Waals surface area contributed by atoms with Crippen molar-refractivity contribution in [2.24, 2.45) is 5.16 Å². The van der Waals surface area contributed by atoms with Crippen LogP contribution in [0.3, 0.4) is 0 Å². The molecule has 3 nitrogen and oxygen atoms in total. The Morgan fingerprint density at radius 3 is 1.61 bits per heavy atom. The van der Waals surface area contributed by atoms with Crippen molar-refractivity contribution in [3.8, 4) is 0 Å². The maximum Gasteiger partial charge on any atom is 0.194 e. The highest BCUT2D eigenvalue weighted by atomic mass is 33.1. The fourth-order valence-electron chi connectivity index (χ4n) is 3.16. The van der Waals surface area contributed by atoms with Crippen LogP contribution in [0.5, 0.6) is 0 Å². The van der Waals surface area contributed by atoms with Gasteiger partial charge in [-0.1, -0.05) is 118 Å². The molecule has 0 aliphatic carbocycles. The predicted octanol–water partition coefficient (Wildman–Crippen LogP) is 6.94. The van der Waals surface area contributed by atoms with Crippen molar-refractivity contribution < 1.29 is 10.0 Å². The zero-order valence-electron chi connectivity index (χ0n) is 16.5. The van der Waals surface area contributed by atoms with Crippen molar-refractivity contribution in [1.82, 2.24) is 0 Å². The van der Waals surface area contributed by atoms with Gasteiger partial charge in [-0.3, -0.25) is 4.79 Å². The van der Waals surface area contributed by atoms with Crippen molar-refractivity contribution in [3.63, 3.8) is 0 Å². The highest BCUT2D eigenvalue weighted by molar-refractivity contribution is 8.76. The van der Waals surface area contributed by atoms with Crippen LogP contribution in [0.1, 0.15) is 27.0 Å². The minimum absolute atomic E-state index is 0.000481. The van der Waals surface area contributed by atoms with E-state index < -0.39 is 0 Å². The summed E-state index contributed by atoms with van der Waals surface area (Å²) in [6.45, 7) is 0. The van der Waals surface area contributed by atoms with E-state index in [0.717, 1.165) is 20.9 Å². The molecule has 0 bridgehead atoms. The number of carbonyl (C=O) groups is 1. The lowest BCUT2D eigenvalue weighted by atomic mass is 10.0. The van der Waals surface area contributed by atoms with Crippen LogP contribution in [0.2, 0.25) is 0 Å². The molecule has 0 atom stereocenters. The Balaban J connectivity index is 1.61. The summed E-state index contributed by atoms with van der Waals surface area (Å²) < 4.78 is 0. The van der Waals surface area contributed by atoms with E-state index in [1.54, 1.807) is 0 Å². The molecule has 0 aliphatic rings. The van der Waals surface area contributed by atoms with Crippen LogP contribution in [0.25, 0.3) is 0 Å². The van der Waals surface area contributed by atoms with E-state index >= 15 is 0 Å². The largest absolute Gasteiger partial charge is 0.410 e. The lowest BCUT2D eigenvalue weighted by Gasteiger charge is -2.12. The van der Waals surface area contributed by atoms with Crippen LogP contribution in [-0.4, -0.2) is 16.7 Å². The van der Waals surface area contributed by atoms with Crippen molar-refractivity contribution in [2.45, 2.75) is 9.79 Å². The van der Waals surface area contributed by atoms with Crippen LogP contribution in [0.15, 0.2) is 124 Å². The van der Waals surface area contributed by atoms with Gasteiger partial charge in [0, 0.05) is 32.0 Å². The summed E-state index contributed by atoms with van der Waals surface area (Å²) in [6.07, 6.45) is 0. The molecule has 4 rings (SSSR count). The number of ketones is 1. The van der Waals surface area contributed by atoms with Gasteiger partial charge in [0.25, 0.3) is 0 Å². The number of hydrogen-bond donors (Lipinski definition) is 1. The first-order valence-corrected chi connectivity index (χ1v) is 11.8. The van der Waals surface area contributed by atoms with E-state index in [1.807, 2.05) is 109 Å². The van der Waals surface area contributed by atoms with Crippen molar-refractivity contribution >= 4 is 33.1 Å². The fraction of sp³-hybridized carbons (Fsp3) is 0. The Hall–Kier alpha value is -3.28. The number of oxime groups is 1. The molecule has 0 fully saturated rings. The van der Waals surface area contributed by atoms with E-state index in [-0.39, 0.29) is 5.78 Å². The third-order valence-electron chi connectivity index (χ3n) is 4.68. The average molecular weight is 442 g/mol. The van der Waals surface area contributed by atoms with Crippen LogP contribution in [0, 0.1) is 0 Å². The molecule has 0 aromatic heterocycles. The third-order valence-corrected chi connectivity index (χ3v) is 7.16. The monoisotopic (exact) mass is 441 g/mol. The zero-order chi connectivity index (χ0) is 21.5. The van der Waals surface area contributed by atoms with Crippen LogP contribution in [0.4, 0.5) is 0 Å². The van der Waals surface area contributed by atoms with Gasteiger partial charge in [-0.15, -0.1) is 0 Å². The number of hydrogen-bond acceptors (Lipinski definition) is 5. The Kier molecular flexibility index (Phi) is 6.87. The van der Waals surface area contributed by atoms with E-state index in [9.17, 15) is 10.0 Å². The van der Waals surface area contributed by atoms with Gasteiger partial charge in [0.15, 0.2) is 5.78 Å². The minimum Gasteiger partial charge on any atom is -0.410 e. The topological polar surface area (TPSA) is 49.7 Å². The first-order valence-electron chi connectivity index (χ1n) is 9.68. The molecule has 0 unspecified atom stereocenters. The Morgan fingerprint density at radius 1 is 0.581 bits per heavy atom. The predicted molar refractivity (Wildman–Crippen MR) is 128 cm³/mol. The van der Waals surface area contributed by atoms with Crippen LogP contribution >= 0.6 is 21.6 Å². The molecule has 0 radical (unpaired) electrons. The van der Waals surface area contributed by atoms with Gasteiger partial charge >= 0.3 is 0 Å². The first-order chi connectivity index (χ1) is 15.3. The Labute approximate surface area is 189 Å². The summed E-state index contributed by atoms with van der Waals surface area (Å²) in [5.41, 5.74) is 3.52. The van der Waals surface area contributed by atoms with Gasteiger partial charge in [0.2, 0.25) is 0 Å². The lowest BCUT2D eigenvalue weighted by Crippen LogP contribution is -2.04. The van der Waals surface area contributed by atoms with Gasteiger partial charge in [-0.2, -0.15) is 0 Å². The maximum atomic E-state index is 13.0. The fourth-order valence-corrected chi connectivity index (χ4v) is 5.52. The van der Waals surface area contributed by atoms with Crippen LogP contribution < -0.4 is 0 Å². The van der Waals surface area contributed by atoms with E-state index in [4.69, 9.17) is 0 Å². The molecule has 0 amide bonds. The number of benzene rings is 4.